The third kappa shape index (κ3) is 2.72. The Morgan fingerprint density at radius 2 is 1.94 bits per heavy atom. The van der Waals surface area contributed by atoms with Crippen molar-refractivity contribution in [1.82, 2.24) is 0 Å². The van der Waals surface area contributed by atoms with Crippen LogP contribution in [0.1, 0.15) is 37.0 Å². The molecule has 0 aliphatic heterocycles. The van der Waals surface area contributed by atoms with Crippen LogP contribution in [0.3, 0.4) is 0 Å². The van der Waals surface area contributed by atoms with Crippen molar-refractivity contribution < 1.29 is 15.0 Å². The second-order valence-electron chi connectivity index (χ2n) is 4.98. The number of halogens is 1. The Morgan fingerprint density at radius 1 is 1.41 bits per heavy atom. The average molecular weight is 257 g/mol. The van der Waals surface area contributed by atoms with Crippen LogP contribution >= 0.6 is 11.6 Å². The van der Waals surface area contributed by atoms with E-state index in [1.54, 1.807) is 33.8 Å². The summed E-state index contributed by atoms with van der Waals surface area (Å²) >= 11 is 6.08. The minimum Gasteiger partial charge on any atom is -0.507 e. The number of carboxylic acids is 1. The lowest BCUT2D eigenvalue weighted by Gasteiger charge is -2.27. The summed E-state index contributed by atoms with van der Waals surface area (Å²) in [6.45, 7) is 7.12. The van der Waals surface area contributed by atoms with Crippen LogP contribution in [0.15, 0.2) is 6.07 Å². The minimum absolute atomic E-state index is 0.0544. The minimum atomic E-state index is -0.897. The highest BCUT2D eigenvalue weighted by atomic mass is 35.5. The van der Waals surface area contributed by atoms with Crippen LogP contribution in [0.2, 0.25) is 5.02 Å². The molecule has 0 fully saturated rings. The molecule has 0 atom stereocenters. The van der Waals surface area contributed by atoms with Crippen molar-refractivity contribution in [2.45, 2.75) is 39.5 Å². The number of phenols is 1. The summed E-state index contributed by atoms with van der Waals surface area (Å²) in [6, 6.07) is 1.69. The number of benzene rings is 1. The molecule has 0 radical (unpaired) electrons. The number of aryl methyl sites for hydroxylation is 1. The Morgan fingerprint density at radius 3 is 2.41 bits per heavy atom. The van der Waals surface area contributed by atoms with Gasteiger partial charge < -0.3 is 10.2 Å². The first-order chi connectivity index (χ1) is 7.66. The van der Waals surface area contributed by atoms with E-state index in [2.05, 4.69) is 0 Å². The Labute approximate surface area is 106 Å². The molecular weight excluding hydrogens is 240 g/mol. The van der Waals surface area contributed by atoms with Crippen molar-refractivity contribution in [2.75, 3.05) is 0 Å². The normalized spacial score (nSPS) is 11.6. The van der Waals surface area contributed by atoms with Crippen LogP contribution in [0.5, 0.6) is 5.75 Å². The lowest BCUT2D eigenvalue weighted by molar-refractivity contribution is -0.138. The summed E-state index contributed by atoms with van der Waals surface area (Å²) in [4.78, 5) is 10.9. The number of hydrogen-bond acceptors (Lipinski definition) is 2. The van der Waals surface area contributed by atoms with Crippen molar-refractivity contribution in [3.63, 3.8) is 0 Å². The molecule has 0 unspecified atom stereocenters. The molecule has 17 heavy (non-hydrogen) atoms. The van der Waals surface area contributed by atoms with Gasteiger partial charge in [0.1, 0.15) is 5.75 Å². The molecule has 0 bridgehead atoms. The molecule has 1 rings (SSSR count). The third-order valence-corrected chi connectivity index (χ3v) is 3.35. The molecule has 3 nitrogen and oxygen atoms in total. The highest BCUT2D eigenvalue weighted by Gasteiger charge is 2.30. The van der Waals surface area contributed by atoms with Gasteiger partial charge in [-0.25, -0.2) is 0 Å². The van der Waals surface area contributed by atoms with Crippen LogP contribution in [0.4, 0.5) is 0 Å². The zero-order valence-corrected chi connectivity index (χ0v) is 11.2. The summed E-state index contributed by atoms with van der Waals surface area (Å²) in [5.41, 5.74) is 1.36. The fourth-order valence-corrected chi connectivity index (χ4v) is 2.41. The van der Waals surface area contributed by atoms with E-state index in [1.165, 1.54) is 0 Å². The predicted molar refractivity (Wildman–Crippen MR) is 67.9 cm³/mol. The maximum Gasteiger partial charge on any atom is 0.304 e. The molecule has 2 N–H and O–H groups in total. The van der Waals surface area contributed by atoms with Crippen LogP contribution in [0, 0.1) is 13.8 Å². The van der Waals surface area contributed by atoms with Crippen LogP contribution in [0.25, 0.3) is 0 Å². The van der Waals surface area contributed by atoms with E-state index < -0.39 is 11.4 Å². The van der Waals surface area contributed by atoms with Crippen molar-refractivity contribution in [1.29, 1.82) is 0 Å². The van der Waals surface area contributed by atoms with Gasteiger partial charge in [0, 0.05) is 16.0 Å². The van der Waals surface area contributed by atoms with E-state index in [0.29, 0.717) is 16.1 Å². The molecule has 0 aliphatic rings. The molecule has 4 heteroatoms. The molecule has 0 amide bonds. The number of aliphatic carboxylic acids is 1. The van der Waals surface area contributed by atoms with E-state index in [4.69, 9.17) is 16.7 Å². The van der Waals surface area contributed by atoms with Gasteiger partial charge in [-0.3, -0.25) is 4.79 Å². The summed E-state index contributed by atoms with van der Waals surface area (Å²) in [5.74, 6) is -0.760. The third-order valence-electron chi connectivity index (χ3n) is 2.96. The van der Waals surface area contributed by atoms with Gasteiger partial charge in [-0.05, 0) is 31.0 Å². The van der Waals surface area contributed by atoms with Crippen LogP contribution < -0.4 is 0 Å². The van der Waals surface area contributed by atoms with E-state index >= 15 is 0 Å². The number of aromatic hydroxyl groups is 1. The van der Waals surface area contributed by atoms with E-state index in [-0.39, 0.29) is 12.2 Å². The number of hydrogen-bond donors (Lipinski definition) is 2. The fraction of sp³-hybridized carbons (Fsp3) is 0.462. The Hall–Kier alpha value is -1.22. The second kappa shape index (κ2) is 4.57. The SMILES string of the molecule is Cc1cc(Cl)c(C)c(C(C)(C)CC(=O)O)c1O. The van der Waals surface area contributed by atoms with Gasteiger partial charge in [-0.1, -0.05) is 25.4 Å². The lowest BCUT2D eigenvalue weighted by atomic mass is 9.78. The van der Waals surface area contributed by atoms with Gasteiger partial charge in [0.25, 0.3) is 0 Å². The molecule has 0 aromatic heterocycles. The number of rotatable bonds is 3. The number of carboxylic acid groups (broad SMARTS) is 1. The molecule has 0 saturated heterocycles. The van der Waals surface area contributed by atoms with Gasteiger partial charge in [-0.2, -0.15) is 0 Å². The molecule has 94 valence electrons. The predicted octanol–water partition coefficient (Wildman–Crippen LogP) is 3.41. The Balaban J connectivity index is 3.44. The molecule has 1 aromatic rings. The summed E-state index contributed by atoms with van der Waals surface area (Å²) < 4.78 is 0. The van der Waals surface area contributed by atoms with Crippen molar-refractivity contribution >= 4 is 17.6 Å². The van der Waals surface area contributed by atoms with Crippen LogP contribution in [-0.2, 0) is 10.2 Å². The maximum absolute atomic E-state index is 10.9. The molecular formula is C13H17ClO3. The topological polar surface area (TPSA) is 57.5 Å². The van der Waals surface area contributed by atoms with Crippen molar-refractivity contribution in [3.8, 4) is 5.75 Å². The highest BCUT2D eigenvalue weighted by molar-refractivity contribution is 6.31. The first kappa shape index (κ1) is 13.8. The average Bonchev–Trinajstić information content (AvgIpc) is 2.12. The van der Waals surface area contributed by atoms with Gasteiger partial charge in [0.2, 0.25) is 0 Å². The van der Waals surface area contributed by atoms with Gasteiger partial charge in [0.15, 0.2) is 0 Å². The van der Waals surface area contributed by atoms with Gasteiger partial charge in [0.05, 0.1) is 6.42 Å². The highest BCUT2D eigenvalue weighted by Crippen LogP contribution is 2.40. The number of carbonyl (C=O) groups is 1. The standard InChI is InChI=1S/C13H17ClO3/c1-7-5-9(14)8(2)11(12(7)17)13(3,4)6-10(15)16/h5,17H,6H2,1-4H3,(H,15,16). The largest absolute Gasteiger partial charge is 0.507 e. The monoisotopic (exact) mass is 256 g/mol. The zero-order valence-electron chi connectivity index (χ0n) is 10.5. The van der Waals surface area contributed by atoms with Crippen LogP contribution in [-0.4, -0.2) is 16.2 Å². The molecule has 0 heterocycles. The molecule has 0 aliphatic carbocycles. The first-order valence-electron chi connectivity index (χ1n) is 5.37. The van der Waals surface area contributed by atoms with Crippen molar-refractivity contribution in [2.24, 2.45) is 0 Å². The summed E-state index contributed by atoms with van der Waals surface area (Å²) in [5, 5.41) is 19.6. The van der Waals surface area contributed by atoms with Crippen molar-refractivity contribution in [3.05, 3.63) is 27.8 Å². The smallest absolute Gasteiger partial charge is 0.304 e. The first-order valence-corrected chi connectivity index (χ1v) is 5.75. The Kier molecular flexibility index (Phi) is 3.72. The van der Waals surface area contributed by atoms with E-state index in [1.807, 2.05) is 0 Å². The summed E-state index contributed by atoms with van der Waals surface area (Å²) in [6.07, 6.45) is -0.0544. The molecule has 0 saturated carbocycles. The second-order valence-corrected chi connectivity index (χ2v) is 5.39. The molecule has 0 spiro atoms. The van der Waals surface area contributed by atoms with E-state index in [0.717, 1.165) is 5.56 Å². The van der Waals surface area contributed by atoms with Gasteiger partial charge >= 0.3 is 5.97 Å². The zero-order chi connectivity index (χ0) is 13.4. The lowest BCUT2D eigenvalue weighted by Crippen LogP contribution is -2.23. The van der Waals surface area contributed by atoms with Gasteiger partial charge in [-0.15, -0.1) is 0 Å². The fourth-order valence-electron chi connectivity index (χ4n) is 2.16. The van der Waals surface area contributed by atoms with E-state index in [9.17, 15) is 9.90 Å². The number of phenolic OH excluding ortho intramolecular Hbond substituents is 1. The maximum atomic E-state index is 10.9. The Bertz CT molecular complexity index is 438. The summed E-state index contributed by atoms with van der Waals surface area (Å²) in [7, 11) is 0. The quantitative estimate of drug-likeness (QED) is 0.871. The molecule has 1 aromatic carbocycles.